The molecule has 1 saturated heterocycles. The number of benzene rings is 1. The van der Waals surface area contributed by atoms with Gasteiger partial charge in [0.15, 0.2) is 0 Å². The number of piperidine rings is 1. The summed E-state index contributed by atoms with van der Waals surface area (Å²) in [5.74, 6) is -1.26. The predicted octanol–water partition coefficient (Wildman–Crippen LogP) is 1.80. The number of aromatic nitrogens is 2. The van der Waals surface area contributed by atoms with E-state index in [-0.39, 0.29) is 18.2 Å². The van der Waals surface area contributed by atoms with E-state index in [4.69, 9.17) is 4.74 Å². The number of rotatable bonds is 7. The fourth-order valence-corrected chi connectivity index (χ4v) is 3.66. The van der Waals surface area contributed by atoms with Crippen molar-refractivity contribution in [2.24, 2.45) is 13.0 Å². The fourth-order valence-electron chi connectivity index (χ4n) is 3.66. The molecule has 0 bridgehead atoms. The van der Waals surface area contributed by atoms with E-state index in [0.717, 1.165) is 5.69 Å². The molecule has 3 rings (SSSR count). The topological polar surface area (TPSA) is 76.5 Å². The predicted molar refractivity (Wildman–Crippen MR) is 101 cm³/mol. The normalized spacial score (nSPS) is 19.7. The second-order valence-electron chi connectivity index (χ2n) is 6.86. The number of hydrogen-bond acceptors (Lipinski definition) is 4. The van der Waals surface area contributed by atoms with Crippen LogP contribution in [0.25, 0.3) is 0 Å². The molecule has 1 N–H and O–H groups in total. The summed E-state index contributed by atoms with van der Waals surface area (Å²) < 4.78 is 21.4. The third-order valence-electron chi connectivity index (χ3n) is 5.17. The smallest absolute Gasteiger partial charge is 0.225 e. The molecule has 2 atom stereocenters. The molecule has 0 saturated carbocycles. The highest BCUT2D eigenvalue weighted by atomic mass is 19.1. The van der Waals surface area contributed by atoms with Crippen molar-refractivity contribution in [3.05, 3.63) is 53.6 Å². The average Bonchev–Trinajstić information content (AvgIpc) is 3.10. The van der Waals surface area contributed by atoms with Gasteiger partial charge in [0.05, 0.1) is 30.8 Å². The van der Waals surface area contributed by atoms with Crippen LogP contribution in [0.3, 0.4) is 0 Å². The number of halogens is 1. The highest BCUT2D eigenvalue weighted by Gasteiger charge is 2.41. The molecule has 1 aliphatic rings. The van der Waals surface area contributed by atoms with Crippen LogP contribution in [0.2, 0.25) is 0 Å². The monoisotopic (exact) mass is 388 g/mol. The van der Waals surface area contributed by atoms with Crippen LogP contribution < -0.4 is 5.32 Å². The Morgan fingerprint density at radius 2 is 2.14 bits per heavy atom. The Bertz CT molecular complexity index is 838. The van der Waals surface area contributed by atoms with Crippen molar-refractivity contribution in [2.45, 2.75) is 25.4 Å². The Morgan fingerprint density at radius 1 is 1.36 bits per heavy atom. The molecule has 0 radical (unpaired) electrons. The van der Waals surface area contributed by atoms with Crippen LogP contribution in [-0.2, 0) is 27.9 Å². The van der Waals surface area contributed by atoms with Crippen LogP contribution in [0.4, 0.5) is 4.39 Å². The SMILES string of the molecule is COCCN1C(=O)CC[C@@H](C(=O)NCc2ccnn2C)[C@@H]1c1ccccc1F. The zero-order chi connectivity index (χ0) is 20.1. The van der Waals surface area contributed by atoms with Gasteiger partial charge in [0, 0.05) is 38.9 Å². The third-order valence-corrected chi connectivity index (χ3v) is 5.17. The van der Waals surface area contributed by atoms with Gasteiger partial charge in [0.1, 0.15) is 5.82 Å². The summed E-state index contributed by atoms with van der Waals surface area (Å²) >= 11 is 0. The molecule has 7 nitrogen and oxygen atoms in total. The van der Waals surface area contributed by atoms with E-state index in [1.165, 1.54) is 6.07 Å². The zero-order valence-corrected chi connectivity index (χ0v) is 16.1. The van der Waals surface area contributed by atoms with E-state index < -0.39 is 17.8 Å². The Morgan fingerprint density at radius 3 is 2.82 bits per heavy atom. The summed E-state index contributed by atoms with van der Waals surface area (Å²) in [5.41, 5.74) is 1.21. The molecule has 0 aliphatic carbocycles. The number of methoxy groups -OCH3 is 1. The molecule has 1 aromatic carbocycles. The van der Waals surface area contributed by atoms with Gasteiger partial charge >= 0.3 is 0 Å². The number of ether oxygens (including phenoxy) is 1. The molecule has 0 spiro atoms. The summed E-state index contributed by atoms with van der Waals surface area (Å²) in [7, 11) is 3.35. The lowest BCUT2D eigenvalue weighted by molar-refractivity contribution is -0.144. The number of aryl methyl sites for hydroxylation is 1. The number of nitrogens with one attached hydrogen (secondary N) is 1. The number of amides is 2. The molecule has 2 heterocycles. The van der Waals surface area contributed by atoms with Gasteiger partial charge in [-0.25, -0.2) is 4.39 Å². The third kappa shape index (κ3) is 4.22. The highest BCUT2D eigenvalue weighted by Crippen LogP contribution is 2.37. The van der Waals surface area contributed by atoms with E-state index in [1.54, 1.807) is 48.1 Å². The standard InChI is InChI=1S/C20H25FN4O3/c1-24-14(9-10-23-24)13-22-20(27)16-7-8-18(26)25(11-12-28-2)19(16)15-5-3-4-6-17(15)21/h3-6,9-10,16,19H,7-8,11-13H2,1-2H3,(H,22,27)/t16-,19+/m1/s1. The lowest BCUT2D eigenvalue weighted by Gasteiger charge is -2.40. The molecule has 1 aliphatic heterocycles. The number of nitrogens with zero attached hydrogens (tertiary/aromatic N) is 3. The quantitative estimate of drug-likeness (QED) is 0.785. The number of carbonyl (C=O) groups is 2. The first kappa shape index (κ1) is 20.0. The molecule has 0 unspecified atom stereocenters. The van der Waals surface area contributed by atoms with Crippen molar-refractivity contribution >= 4 is 11.8 Å². The van der Waals surface area contributed by atoms with Gasteiger partial charge in [-0.1, -0.05) is 18.2 Å². The van der Waals surface area contributed by atoms with Crippen LogP contribution in [0.1, 0.15) is 30.1 Å². The van der Waals surface area contributed by atoms with Gasteiger partial charge < -0.3 is 15.0 Å². The molecule has 2 amide bonds. The van der Waals surface area contributed by atoms with Gasteiger partial charge in [-0.05, 0) is 18.6 Å². The number of carbonyl (C=O) groups excluding carboxylic acids is 2. The first-order chi connectivity index (χ1) is 13.5. The lowest BCUT2D eigenvalue weighted by Crippen LogP contribution is -2.49. The van der Waals surface area contributed by atoms with Gasteiger partial charge in [0.2, 0.25) is 11.8 Å². The Kier molecular flexibility index (Phi) is 6.41. The zero-order valence-electron chi connectivity index (χ0n) is 16.1. The molecule has 2 aromatic rings. The summed E-state index contributed by atoms with van der Waals surface area (Å²) in [6, 6.07) is 7.47. The molecular weight excluding hydrogens is 363 g/mol. The van der Waals surface area contributed by atoms with Crippen LogP contribution in [0.15, 0.2) is 36.5 Å². The van der Waals surface area contributed by atoms with Crippen molar-refractivity contribution in [3.63, 3.8) is 0 Å². The molecule has 150 valence electrons. The lowest BCUT2D eigenvalue weighted by atomic mass is 9.83. The molecule has 1 fully saturated rings. The Hall–Kier alpha value is -2.74. The van der Waals surface area contributed by atoms with E-state index in [0.29, 0.717) is 31.7 Å². The maximum atomic E-state index is 14.6. The van der Waals surface area contributed by atoms with Gasteiger partial charge in [-0.15, -0.1) is 0 Å². The minimum atomic E-state index is -0.663. The molecular formula is C20H25FN4O3. The molecule has 8 heteroatoms. The summed E-state index contributed by atoms with van der Waals surface area (Å²) in [6.45, 7) is 0.946. The first-order valence-electron chi connectivity index (χ1n) is 9.30. The maximum Gasteiger partial charge on any atom is 0.225 e. The van der Waals surface area contributed by atoms with Gasteiger partial charge in [-0.2, -0.15) is 5.10 Å². The second-order valence-corrected chi connectivity index (χ2v) is 6.86. The van der Waals surface area contributed by atoms with Crippen molar-refractivity contribution in [1.82, 2.24) is 20.0 Å². The Labute approximate surface area is 163 Å². The van der Waals surface area contributed by atoms with E-state index in [2.05, 4.69) is 10.4 Å². The van der Waals surface area contributed by atoms with Crippen molar-refractivity contribution in [2.75, 3.05) is 20.3 Å². The minimum absolute atomic E-state index is 0.0963. The van der Waals surface area contributed by atoms with Crippen molar-refractivity contribution in [3.8, 4) is 0 Å². The van der Waals surface area contributed by atoms with Crippen molar-refractivity contribution < 1.29 is 18.7 Å². The van der Waals surface area contributed by atoms with Crippen molar-refractivity contribution in [1.29, 1.82) is 0 Å². The van der Waals surface area contributed by atoms with Crippen LogP contribution in [-0.4, -0.2) is 46.8 Å². The van der Waals surface area contributed by atoms with Gasteiger partial charge in [0.25, 0.3) is 0 Å². The summed E-state index contributed by atoms with van der Waals surface area (Å²) in [6.07, 6.45) is 2.28. The summed E-state index contributed by atoms with van der Waals surface area (Å²) in [5, 5.41) is 7.00. The first-order valence-corrected chi connectivity index (χ1v) is 9.30. The van der Waals surface area contributed by atoms with Crippen LogP contribution in [0.5, 0.6) is 0 Å². The van der Waals surface area contributed by atoms with E-state index >= 15 is 0 Å². The second kappa shape index (κ2) is 8.97. The maximum absolute atomic E-state index is 14.6. The largest absolute Gasteiger partial charge is 0.383 e. The number of likely N-dealkylation sites (tertiary alicyclic amines) is 1. The highest BCUT2D eigenvalue weighted by molar-refractivity contribution is 5.85. The minimum Gasteiger partial charge on any atom is -0.383 e. The van der Waals surface area contributed by atoms with Gasteiger partial charge in [-0.3, -0.25) is 14.3 Å². The van der Waals surface area contributed by atoms with Crippen LogP contribution in [0, 0.1) is 11.7 Å². The van der Waals surface area contributed by atoms with E-state index in [1.807, 2.05) is 6.07 Å². The summed E-state index contributed by atoms with van der Waals surface area (Å²) in [4.78, 5) is 27.1. The fraction of sp³-hybridized carbons (Fsp3) is 0.450. The molecule has 1 aromatic heterocycles. The van der Waals surface area contributed by atoms with E-state index in [9.17, 15) is 14.0 Å². The van der Waals surface area contributed by atoms with Crippen LogP contribution >= 0.6 is 0 Å². The molecule has 28 heavy (non-hydrogen) atoms. The average molecular weight is 388 g/mol. The number of hydrogen-bond donors (Lipinski definition) is 1. The Balaban J connectivity index is 1.86.